The SMILES string of the molecule is C/C=C(\C)CN1CCOc2ccc(C(C)(O)COc3ccccc3)cc2C1. The first kappa shape index (κ1) is 19.5. The highest BCUT2D eigenvalue weighted by Crippen LogP contribution is 2.30. The first-order valence-electron chi connectivity index (χ1n) is 9.48. The van der Waals surface area contributed by atoms with Gasteiger partial charge in [0, 0.05) is 25.2 Å². The van der Waals surface area contributed by atoms with Crippen molar-refractivity contribution in [3.63, 3.8) is 0 Å². The standard InChI is InChI=1S/C23H29NO3/c1-4-18(2)15-24-12-13-26-22-11-10-20(14-19(22)16-24)23(3,25)17-27-21-8-6-5-7-9-21/h4-11,14,25H,12-13,15-17H2,1-3H3/b18-4+. The topological polar surface area (TPSA) is 41.9 Å². The summed E-state index contributed by atoms with van der Waals surface area (Å²) in [6.07, 6.45) is 2.15. The van der Waals surface area contributed by atoms with E-state index < -0.39 is 5.60 Å². The van der Waals surface area contributed by atoms with E-state index in [0.29, 0.717) is 6.61 Å². The zero-order valence-corrected chi connectivity index (χ0v) is 16.4. The van der Waals surface area contributed by atoms with Crippen LogP contribution in [0.25, 0.3) is 0 Å². The van der Waals surface area contributed by atoms with Gasteiger partial charge in [0.25, 0.3) is 0 Å². The number of hydrogen-bond donors (Lipinski definition) is 1. The molecular weight excluding hydrogens is 338 g/mol. The van der Waals surface area contributed by atoms with Crippen molar-refractivity contribution in [2.75, 3.05) is 26.3 Å². The van der Waals surface area contributed by atoms with Gasteiger partial charge in [-0.25, -0.2) is 0 Å². The second-order valence-corrected chi connectivity index (χ2v) is 7.39. The van der Waals surface area contributed by atoms with E-state index in [1.807, 2.05) is 48.5 Å². The van der Waals surface area contributed by atoms with Crippen LogP contribution in [0, 0.1) is 0 Å². The number of aliphatic hydroxyl groups is 1. The van der Waals surface area contributed by atoms with Crippen molar-refractivity contribution in [1.82, 2.24) is 4.90 Å². The molecule has 1 aliphatic heterocycles. The zero-order valence-electron chi connectivity index (χ0n) is 16.4. The van der Waals surface area contributed by atoms with Crippen LogP contribution < -0.4 is 9.47 Å². The number of para-hydroxylation sites is 1. The van der Waals surface area contributed by atoms with Crippen LogP contribution in [0.5, 0.6) is 11.5 Å². The fourth-order valence-electron chi connectivity index (χ4n) is 3.19. The molecule has 2 aromatic carbocycles. The van der Waals surface area contributed by atoms with E-state index in [0.717, 1.165) is 42.3 Å². The van der Waals surface area contributed by atoms with Crippen LogP contribution in [0.3, 0.4) is 0 Å². The third kappa shape index (κ3) is 5.12. The second kappa shape index (κ2) is 8.59. The molecule has 0 spiro atoms. The van der Waals surface area contributed by atoms with Crippen LogP contribution in [0.2, 0.25) is 0 Å². The minimum atomic E-state index is -1.08. The fourth-order valence-corrected chi connectivity index (χ4v) is 3.19. The minimum Gasteiger partial charge on any atom is -0.492 e. The van der Waals surface area contributed by atoms with Gasteiger partial charge in [0.1, 0.15) is 30.3 Å². The van der Waals surface area contributed by atoms with Crippen LogP contribution in [0.1, 0.15) is 31.9 Å². The molecule has 27 heavy (non-hydrogen) atoms. The van der Waals surface area contributed by atoms with Crippen molar-refractivity contribution < 1.29 is 14.6 Å². The number of ether oxygens (including phenoxy) is 2. The van der Waals surface area contributed by atoms with Crippen LogP contribution >= 0.6 is 0 Å². The molecular formula is C23H29NO3. The average molecular weight is 367 g/mol. The number of allylic oxidation sites excluding steroid dienone is 1. The molecule has 0 aromatic heterocycles. The molecule has 1 unspecified atom stereocenters. The maximum Gasteiger partial charge on any atom is 0.123 e. The van der Waals surface area contributed by atoms with Crippen molar-refractivity contribution in [2.45, 2.75) is 32.9 Å². The summed E-state index contributed by atoms with van der Waals surface area (Å²) in [5.41, 5.74) is 2.21. The molecule has 144 valence electrons. The highest BCUT2D eigenvalue weighted by Gasteiger charge is 2.26. The normalized spacial score (nSPS) is 17.4. The van der Waals surface area contributed by atoms with E-state index in [-0.39, 0.29) is 6.61 Å². The number of hydrogen-bond acceptors (Lipinski definition) is 4. The summed E-state index contributed by atoms with van der Waals surface area (Å²) in [7, 11) is 0. The lowest BCUT2D eigenvalue weighted by Crippen LogP contribution is -2.30. The molecule has 4 nitrogen and oxygen atoms in total. The highest BCUT2D eigenvalue weighted by atomic mass is 16.5. The van der Waals surface area contributed by atoms with Gasteiger partial charge >= 0.3 is 0 Å². The average Bonchev–Trinajstić information content (AvgIpc) is 2.88. The number of fused-ring (bicyclic) bond motifs is 1. The van der Waals surface area contributed by atoms with Gasteiger partial charge in [-0.1, -0.05) is 35.9 Å². The largest absolute Gasteiger partial charge is 0.492 e. The molecule has 0 bridgehead atoms. The molecule has 0 aliphatic carbocycles. The summed E-state index contributed by atoms with van der Waals surface area (Å²) in [6.45, 7) is 9.50. The van der Waals surface area contributed by atoms with E-state index in [1.54, 1.807) is 6.92 Å². The molecule has 1 N–H and O–H groups in total. The molecule has 0 saturated carbocycles. The van der Waals surface area contributed by atoms with E-state index in [9.17, 15) is 5.11 Å². The number of nitrogens with zero attached hydrogens (tertiary/aromatic N) is 1. The molecule has 4 heteroatoms. The lowest BCUT2D eigenvalue weighted by molar-refractivity contribution is 0.00748. The maximum absolute atomic E-state index is 11.0. The summed E-state index contributed by atoms with van der Waals surface area (Å²) in [5, 5.41) is 11.0. The van der Waals surface area contributed by atoms with Gasteiger partial charge in [-0.3, -0.25) is 4.90 Å². The highest BCUT2D eigenvalue weighted by molar-refractivity contribution is 5.40. The Morgan fingerprint density at radius 1 is 1.26 bits per heavy atom. The zero-order chi connectivity index (χ0) is 19.3. The number of benzene rings is 2. The maximum atomic E-state index is 11.0. The van der Waals surface area contributed by atoms with Gasteiger partial charge in [-0.15, -0.1) is 0 Å². The Kier molecular flexibility index (Phi) is 6.19. The summed E-state index contributed by atoms with van der Waals surface area (Å²) in [4.78, 5) is 2.38. The lowest BCUT2D eigenvalue weighted by Gasteiger charge is -2.25. The molecule has 1 aliphatic rings. The Bertz CT molecular complexity index is 783. The summed E-state index contributed by atoms with van der Waals surface area (Å²) >= 11 is 0. The van der Waals surface area contributed by atoms with Gasteiger partial charge in [0.05, 0.1) is 0 Å². The predicted octanol–water partition coefficient (Wildman–Crippen LogP) is 4.13. The van der Waals surface area contributed by atoms with Crippen molar-refractivity contribution in [1.29, 1.82) is 0 Å². The smallest absolute Gasteiger partial charge is 0.123 e. The predicted molar refractivity (Wildman–Crippen MR) is 108 cm³/mol. The Morgan fingerprint density at radius 2 is 2.04 bits per heavy atom. The van der Waals surface area contributed by atoms with E-state index in [2.05, 4.69) is 24.8 Å². The third-order valence-electron chi connectivity index (χ3n) is 4.97. The minimum absolute atomic E-state index is 0.193. The van der Waals surface area contributed by atoms with Gasteiger partial charge in [-0.2, -0.15) is 0 Å². The Balaban J connectivity index is 1.75. The first-order chi connectivity index (χ1) is 13.0. The fraction of sp³-hybridized carbons (Fsp3) is 0.391. The van der Waals surface area contributed by atoms with Crippen molar-refractivity contribution >= 4 is 0 Å². The molecule has 2 aromatic rings. The van der Waals surface area contributed by atoms with Crippen LogP contribution in [-0.2, 0) is 12.1 Å². The summed E-state index contributed by atoms with van der Waals surface area (Å²) < 4.78 is 11.7. The molecule has 0 amide bonds. The Labute approximate surface area is 162 Å². The van der Waals surface area contributed by atoms with Crippen LogP contribution in [0.4, 0.5) is 0 Å². The monoisotopic (exact) mass is 367 g/mol. The van der Waals surface area contributed by atoms with Crippen LogP contribution in [-0.4, -0.2) is 36.3 Å². The van der Waals surface area contributed by atoms with Crippen molar-refractivity contribution in [2.24, 2.45) is 0 Å². The van der Waals surface area contributed by atoms with Crippen molar-refractivity contribution in [3.8, 4) is 11.5 Å². The lowest BCUT2D eigenvalue weighted by atomic mass is 9.94. The molecule has 0 radical (unpaired) electrons. The molecule has 1 atom stereocenters. The molecule has 3 rings (SSSR count). The van der Waals surface area contributed by atoms with E-state index in [1.165, 1.54) is 5.57 Å². The Hall–Kier alpha value is -2.30. The van der Waals surface area contributed by atoms with Crippen LogP contribution in [0.15, 0.2) is 60.2 Å². The van der Waals surface area contributed by atoms with Gasteiger partial charge in [0.2, 0.25) is 0 Å². The Morgan fingerprint density at radius 3 is 2.78 bits per heavy atom. The van der Waals surface area contributed by atoms with Gasteiger partial charge < -0.3 is 14.6 Å². The summed E-state index contributed by atoms with van der Waals surface area (Å²) in [6, 6.07) is 15.5. The van der Waals surface area contributed by atoms with Gasteiger partial charge in [0.15, 0.2) is 0 Å². The molecule has 0 fully saturated rings. The molecule has 1 heterocycles. The van der Waals surface area contributed by atoms with Crippen molar-refractivity contribution in [3.05, 3.63) is 71.3 Å². The number of rotatable bonds is 6. The molecule has 0 saturated heterocycles. The first-order valence-corrected chi connectivity index (χ1v) is 9.48. The summed E-state index contributed by atoms with van der Waals surface area (Å²) in [5.74, 6) is 1.66. The third-order valence-corrected chi connectivity index (χ3v) is 4.97. The second-order valence-electron chi connectivity index (χ2n) is 7.39. The van der Waals surface area contributed by atoms with Gasteiger partial charge in [-0.05, 0) is 50.6 Å². The van der Waals surface area contributed by atoms with E-state index >= 15 is 0 Å². The van der Waals surface area contributed by atoms with E-state index in [4.69, 9.17) is 9.47 Å². The quantitative estimate of drug-likeness (QED) is 0.780.